The smallest absolute Gasteiger partial charge is 0.229 e. The Labute approximate surface area is 164 Å². The number of likely N-dealkylation sites (tertiary alicyclic amines) is 1. The third-order valence-electron chi connectivity index (χ3n) is 6.00. The van der Waals surface area contributed by atoms with Gasteiger partial charge in [0.2, 0.25) is 17.7 Å². The number of carbonyl (C=O) groups is 3. The molecule has 4 rings (SSSR count). The lowest BCUT2D eigenvalue weighted by Crippen LogP contribution is -2.75. The highest BCUT2D eigenvalue weighted by Gasteiger charge is 2.49. The van der Waals surface area contributed by atoms with E-state index in [1.54, 1.807) is 12.1 Å². The fourth-order valence-corrected chi connectivity index (χ4v) is 4.50. The van der Waals surface area contributed by atoms with Gasteiger partial charge >= 0.3 is 0 Å². The van der Waals surface area contributed by atoms with Crippen LogP contribution in [0.25, 0.3) is 0 Å². The molecule has 5 unspecified atom stereocenters. The quantitative estimate of drug-likeness (QED) is 0.610. The number of para-hydroxylation sites is 1. The van der Waals surface area contributed by atoms with Crippen molar-refractivity contribution < 1.29 is 14.4 Å². The van der Waals surface area contributed by atoms with Crippen LogP contribution in [0.1, 0.15) is 32.6 Å². The predicted molar refractivity (Wildman–Crippen MR) is 104 cm³/mol. The van der Waals surface area contributed by atoms with Crippen LogP contribution in [0.2, 0.25) is 0 Å². The van der Waals surface area contributed by atoms with Crippen LogP contribution in [0.3, 0.4) is 0 Å². The maximum Gasteiger partial charge on any atom is 0.229 e. The van der Waals surface area contributed by atoms with Gasteiger partial charge in [-0.1, -0.05) is 24.6 Å². The zero-order valence-corrected chi connectivity index (χ0v) is 16.0. The van der Waals surface area contributed by atoms with Gasteiger partial charge in [-0.15, -0.1) is 0 Å². The molecule has 4 N–H and O–H groups in total. The van der Waals surface area contributed by atoms with Crippen LogP contribution in [-0.4, -0.2) is 47.7 Å². The summed E-state index contributed by atoms with van der Waals surface area (Å²) in [6, 6.07) is 9.42. The number of nitrogens with zero attached hydrogens (tertiary/aromatic N) is 1. The molecule has 3 heterocycles. The summed E-state index contributed by atoms with van der Waals surface area (Å²) in [5.41, 5.74) is 0.652. The summed E-state index contributed by atoms with van der Waals surface area (Å²) in [5.74, 6) is -2.08. The minimum atomic E-state index is -0.716. The minimum Gasteiger partial charge on any atom is -0.340 e. The van der Waals surface area contributed by atoms with Gasteiger partial charge in [0.1, 0.15) is 6.29 Å². The molecule has 0 bridgehead atoms. The van der Waals surface area contributed by atoms with E-state index in [9.17, 15) is 14.4 Å². The van der Waals surface area contributed by atoms with Gasteiger partial charge in [-0.3, -0.25) is 24.6 Å². The van der Waals surface area contributed by atoms with Crippen molar-refractivity contribution >= 4 is 23.4 Å². The van der Waals surface area contributed by atoms with Gasteiger partial charge in [0, 0.05) is 24.7 Å². The molecule has 0 radical (unpaired) electrons. The van der Waals surface area contributed by atoms with Crippen LogP contribution >= 0.6 is 0 Å². The molecular formula is C20H27N5O3. The average molecular weight is 385 g/mol. The number of nitrogens with one attached hydrogen (secondary N) is 4. The Kier molecular flexibility index (Phi) is 5.32. The third kappa shape index (κ3) is 3.74. The van der Waals surface area contributed by atoms with Crippen molar-refractivity contribution in [3.63, 3.8) is 0 Å². The van der Waals surface area contributed by atoms with E-state index in [4.69, 9.17) is 0 Å². The molecule has 0 saturated carbocycles. The second kappa shape index (κ2) is 7.89. The molecule has 5 atom stereocenters. The highest BCUT2D eigenvalue weighted by Crippen LogP contribution is 2.29. The molecule has 0 spiro atoms. The lowest BCUT2D eigenvalue weighted by atomic mass is 9.81. The highest BCUT2D eigenvalue weighted by molar-refractivity contribution is 6.00. The van der Waals surface area contributed by atoms with Crippen LogP contribution in [0.15, 0.2) is 30.3 Å². The largest absolute Gasteiger partial charge is 0.340 e. The Balaban J connectivity index is 1.50. The highest BCUT2D eigenvalue weighted by atomic mass is 16.2. The SMILES string of the molecule is CC1CCCCN1C1NC(=O)C2C(NC(=O)CC2C(=O)Nc2ccccc2)N1. The first-order valence-electron chi connectivity index (χ1n) is 10.0. The standard InChI is InChI=1S/C20H27N5O3/c1-12-7-5-6-10-25(12)20-23-17-16(19(28)24-20)14(11-15(26)22-17)18(27)21-13-8-3-2-4-9-13/h2-4,8-9,12,14,16-17,20,23H,5-7,10-11H2,1H3,(H,21,27)(H,22,26)(H,24,28). The summed E-state index contributed by atoms with van der Waals surface area (Å²) in [5, 5.41) is 12.1. The monoisotopic (exact) mass is 385 g/mol. The molecule has 3 aliphatic rings. The number of hydrogen-bond acceptors (Lipinski definition) is 5. The molecule has 150 valence electrons. The molecule has 8 heteroatoms. The van der Waals surface area contributed by atoms with Crippen LogP contribution in [-0.2, 0) is 14.4 Å². The molecule has 3 saturated heterocycles. The second-order valence-corrected chi connectivity index (χ2v) is 7.90. The van der Waals surface area contributed by atoms with E-state index < -0.39 is 18.0 Å². The predicted octanol–water partition coefficient (Wildman–Crippen LogP) is 0.581. The van der Waals surface area contributed by atoms with E-state index in [1.165, 1.54) is 6.42 Å². The lowest BCUT2D eigenvalue weighted by molar-refractivity contribution is -0.148. The van der Waals surface area contributed by atoms with E-state index in [-0.39, 0.29) is 30.4 Å². The number of fused-ring (bicyclic) bond motifs is 1. The third-order valence-corrected chi connectivity index (χ3v) is 6.00. The summed E-state index contributed by atoms with van der Waals surface area (Å²) >= 11 is 0. The number of piperidine rings is 2. The summed E-state index contributed by atoms with van der Waals surface area (Å²) in [6.07, 6.45) is 2.46. The Morgan fingerprint density at radius 1 is 1.14 bits per heavy atom. The summed E-state index contributed by atoms with van der Waals surface area (Å²) < 4.78 is 0. The first-order chi connectivity index (χ1) is 13.5. The van der Waals surface area contributed by atoms with E-state index in [0.29, 0.717) is 11.7 Å². The number of rotatable bonds is 3. The summed E-state index contributed by atoms with van der Waals surface area (Å²) in [7, 11) is 0. The molecule has 1 aromatic carbocycles. The van der Waals surface area contributed by atoms with Crippen molar-refractivity contribution in [2.24, 2.45) is 11.8 Å². The summed E-state index contributed by atoms with van der Waals surface area (Å²) in [4.78, 5) is 40.3. The van der Waals surface area contributed by atoms with E-state index in [1.807, 2.05) is 18.2 Å². The van der Waals surface area contributed by atoms with Gasteiger partial charge in [-0.05, 0) is 31.9 Å². The van der Waals surface area contributed by atoms with Crippen LogP contribution in [0.5, 0.6) is 0 Å². The van der Waals surface area contributed by atoms with Crippen molar-refractivity contribution in [2.45, 2.75) is 51.1 Å². The van der Waals surface area contributed by atoms with E-state index in [0.717, 1.165) is 19.4 Å². The maximum absolute atomic E-state index is 13.0. The second-order valence-electron chi connectivity index (χ2n) is 7.90. The van der Waals surface area contributed by atoms with Gasteiger partial charge in [0.25, 0.3) is 0 Å². The van der Waals surface area contributed by atoms with Crippen molar-refractivity contribution in [1.82, 2.24) is 20.9 Å². The van der Waals surface area contributed by atoms with Crippen molar-refractivity contribution in [3.8, 4) is 0 Å². The van der Waals surface area contributed by atoms with Crippen molar-refractivity contribution in [2.75, 3.05) is 11.9 Å². The number of hydrogen-bond donors (Lipinski definition) is 4. The first kappa shape index (κ1) is 18.9. The molecule has 3 amide bonds. The zero-order valence-electron chi connectivity index (χ0n) is 16.0. The van der Waals surface area contributed by atoms with Crippen molar-refractivity contribution in [1.29, 1.82) is 0 Å². The maximum atomic E-state index is 13.0. The van der Waals surface area contributed by atoms with Gasteiger partial charge in [0.15, 0.2) is 0 Å². The van der Waals surface area contributed by atoms with Gasteiger partial charge in [-0.2, -0.15) is 0 Å². The molecule has 0 aliphatic carbocycles. The molecular weight excluding hydrogens is 358 g/mol. The fourth-order valence-electron chi connectivity index (χ4n) is 4.50. The summed E-state index contributed by atoms with van der Waals surface area (Å²) in [6.45, 7) is 3.04. The normalized spacial score (nSPS) is 33.4. The Morgan fingerprint density at radius 2 is 1.93 bits per heavy atom. The molecule has 0 aromatic heterocycles. The minimum absolute atomic E-state index is 0.000280. The number of anilines is 1. The van der Waals surface area contributed by atoms with E-state index in [2.05, 4.69) is 33.1 Å². The average Bonchev–Trinajstić information content (AvgIpc) is 2.68. The number of carbonyl (C=O) groups excluding carboxylic acids is 3. The zero-order chi connectivity index (χ0) is 19.7. The van der Waals surface area contributed by atoms with E-state index >= 15 is 0 Å². The van der Waals surface area contributed by atoms with Crippen molar-refractivity contribution in [3.05, 3.63) is 30.3 Å². The van der Waals surface area contributed by atoms with Crippen LogP contribution < -0.4 is 21.3 Å². The Hall–Kier alpha value is -2.45. The Morgan fingerprint density at radius 3 is 2.68 bits per heavy atom. The van der Waals surface area contributed by atoms with Crippen LogP contribution in [0.4, 0.5) is 5.69 Å². The lowest BCUT2D eigenvalue weighted by Gasteiger charge is -2.48. The molecule has 3 aliphatic heterocycles. The van der Waals surface area contributed by atoms with Gasteiger partial charge < -0.3 is 16.0 Å². The molecule has 8 nitrogen and oxygen atoms in total. The van der Waals surface area contributed by atoms with Crippen LogP contribution in [0, 0.1) is 11.8 Å². The number of benzene rings is 1. The fraction of sp³-hybridized carbons (Fsp3) is 0.550. The first-order valence-corrected chi connectivity index (χ1v) is 10.0. The van der Waals surface area contributed by atoms with Gasteiger partial charge in [0.05, 0.1) is 18.0 Å². The molecule has 3 fully saturated rings. The van der Waals surface area contributed by atoms with Gasteiger partial charge in [-0.25, -0.2) is 0 Å². The topological polar surface area (TPSA) is 103 Å². The number of amides is 3. The molecule has 1 aromatic rings. The Bertz CT molecular complexity index is 755. The molecule has 28 heavy (non-hydrogen) atoms.